The SMILES string of the molecule is Cc1cc(NC(=O)[C@H](C)SCC(=O)N2[C@@H](c3ccccc3)CCC[C@@H]2C)no1. The minimum absolute atomic E-state index is 0.0861. The highest BCUT2D eigenvalue weighted by molar-refractivity contribution is 8.01. The van der Waals surface area contributed by atoms with E-state index in [-0.39, 0.29) is 34.9 Å². The van der Waals surface area contributed by atoms with Crippen LogP contribution in [0.15, 0.2) is 40.9 Å². The van der Waals surface area contributed by atoms with Crippen molar-refractivity contribution >= 4 is 29.4 Å². The van der Waals surface area contributed by atoms with E-state index in [1.807, 2.05) is 23.1 Å². The number of benzene rings is 1. The van der Waals surface area contributed by atoms with E-state index in [0.29, 0.717) is 11.6 Å². The van der Waals surface area contributed by atoms with E-state index in [4.69, 9.17) is 4.52 Å². The maximum atomic E-state index is 13.0. The van der Waals surface area contributed by atoms with Gasteiger partial charge in [-0.05, 0) is 45.6 Å². The maximum Gasteiger partial charge on any atom is 0.238 e. The number of carbonyl (C=O) groups excluding carboxylic acids is 2. The number of piperidine rings is 1. The van der Waals surface area contributed by atoms with Gasteiger partial charge in [0, 0.05) is 12.1 Å². The molecule has 150 valence electrons. The number of hydrogen-bond acceptors (Lipinski definition) is 5. The van der Waals surface area contributed by atoms with Crippen LogP contribution in [0, 0.1) is 6.92 Å². The molecule has 1 aliphatic heterocycles. The van der Waals surface area contributed by atoms with Gasteiger partial charge in [-0.15, -0.1) is 11.8 Å². The molecule has 7 heteroatoms. The second kappa shape index (κ2) is 9.28. The number of thioether (sulfide) groups is 1. The maximum absolute atomic E-state index is 13.0. The van der Waals surface area contributed by atoms with Crippen molar-refractivity contribution in [3.05, 3.63) is 47.7 Å². The molecule has 1 fully saturated rings. The Morgan fingerprint density at radius 2 is 2.07 bits per heavy atom. The molecule has 2 aromatic rings. The third-order valence-corrected chi connectivity index (χ3v) is 6.22. The second-order valence-electron chi connectivity index (χ2n) is 7.27. The molecule has 2 heterocycles. The van der Waals surface area contributed by atoms with E-state index >= 15 is 0 Å². The number of amides is 2. The number of anilines is 1. The zero-order valence-electron chi connectivity index (χ0n) is 16.6. The van der Waals surface area contributed by atoms with Crippen LogP contribution >= 0.6 is 11.8 Å². The molecule has 0 aliphatic carbocycles. The van der Waals surface area contributed by atoms with E-state index in [1.165, 1.54) is 17.3 Å². The fourth-order valence-electron chi connectivity index (χ4n) is 3.61. The Morgan fingerprint density at radius 1 is 1.32 bits per heavy atom. The number of hydrogen-bond donors (Lipinski definition) is 1. The molecule has 1 saturated heterocycles. The second-order valence-corrected chi connectivity index (χ2v) is 8.60. The van der Waals surface area contributed by atoms with Crippen LogP contribution < -0.4 is 5.32 Å². The van der Waals surface area contributed by atoms with E-state index in [2.05, 4.69) is 29.5 Å². The monoisotopic (exact) mass is 401 g/mol. The molecule has 6 nitrogen and oxygen atoms in total. The van der Waals surface area contributed by atoms with Gasteiger partial charge in [-0.1, -0.05) is 35.5 Å². The highest BCUT2D eigenvalue weighted by Gasteiger charge is 2.33. The number of carbonyl (C=O) groups is 2. The van der Waals surface area contributed by atoms with Crippen molar-refractivity contribution in [3.63, 3.8) is 0 Å². The first-order chi connectivity index (χ1) is 13.5. The van der Waals surface area contributed by atoms with Gasteiger partial charge in [-0.25, -0.2) is 0 Å². The van der Waals surface area contributed by atoms with Crippen molar-refractivity contribution in [1.82, 2.24) is 10.1 Å². The predicted molar refractivity (Wildman–Crippen MR) is 111 cm³/mol. The van der Waals surface area contributed by atoms with Crippen LogP contribution in [-0.2, 0) is 9.59 Å². The van der Waals surface area contributed by atoms with Gasteiger partial charge in [-0.2, -0.15) is 0 Å². The summed E-state index contributed by atoms with van der Waals surface area (Å²) in [4.78, 5) is 27.4. The summed E-state index contributed by atoms with van der Waals surface area (Å²) >= 11 is 1.35. The number of rotatable bonds is 6. The third-order valence-electron chi connectivity index (χ3n) is 5.09. The average molecular weight is 402 g/mol. The topological polar surface area (TPSA) is 75.4 Å². The molecule has 0 unspecified atom stereocenters. The smallest absolute Gasteiger partial charge is 0.238 e. The molecule has 2 amide bonds. The molecule has 0 spiro atoms. The third kappa shape index (κ3) is 4.95. The van der Waals surface area contributed by atoms with Gasteiger partial charge in [0.2, 0.25) is 11.8 Å². The predicted octanol–water partition coefficient (Wildman–Crippen LogP) is 4.19. The van der Waals surface area contributed by atoms with Gasteiger partial charge in [0.15, 0.2) is 5.82 Å². The standard InChI is InChI=1S/C21H27N3O3S/c1-14-8-7-11-18(17-9-5-4-6-10-17)24(14)20(25)13-28-16(3)21(26)22-19-12-15(2)27-23-19/h4-6,9-10,12,14,16,18H,7-8,11,13H2,1-3H3,(H,22,23,26)/t14-,16-,18+/m0/s1. The first kappa shape index (κ1) is 20.5. The number of aryl methyl sites for hydroxylation is 1. The molecular weight excluding hydrogens is 374 g/mol. The lowest BCUT2D eigenvalue weighted by atomic mass is 9.91. The molecule has 0 saturated carbocycles. The molecule has 28 heavy (non-hydrogen) atoms. The van der Waals surface area contributed by atoms with Gasteiger partial charge in [0.1, 0.15) is 5.76 Å². The number of aromatic nitrogens is 1. The van der Waals surface area contributed by atoms with Crippen molar-refractivity contribution < 1.29 is 14.1 Å². The Morgan fingerprint density at radius 3 is 2.75 bits per heavy atom. The molecule has 0 radical (unpaired) electrons. The van der Waals surface area contributed by atoms with Crippen molar-refractivity contribution in [2.45, 2.75) is 57.4 Å². The number of likely N-dealkylation sites (tertiary alicyclic amines) is 1. The Hall–Kier alpha value is -2.28. The van der Waals surface area contributed by atoms with Crippen LogP contribution in [-0.4, -0.2) is 38.9 Å². The summed E-state index contributed by atoms with van der Waals surface area (Å²) in [5.41, 5.74) is 1.18. The minimum Gasteiger partial charge on any atom is -0.360 e. The van der Waals surface area contributed by atoms with Crippen LogP contribution in [0.4, 0.5) is 5.82 Å². The van der Waals surface area contributed by atoms with E-state index in [0.717, 1.165) is 19.3 Å². The largest absolute Gasteiger partial charge is 0.360 e. The normalized spacial score (nSPS) is 20.6. The molecule has 3 atom stereocenters. The van der Waals surface area contributed by atoms with Crippen molar-refractivity contribution in [3.8, 4) is 0 Å². The van der Waals surface area contributed by atoms with Gasteiger partial charge in [-0.3, -0.25) is 9.59 Å². The Balaban J connectivity index is 1.59. The summed E-state index contributed by atoms with van der Waals surface area (Å²) in [7, 11) is 0. The highest BCUT2D eigenvalue weighted by Crippen LogP contribution is 2.35. The molecule has 1 aromatic carbocycles. The molecule has 1 N–H and O–H groups in total. The van der Waals surface area contributed by atoms with Crippen LogP contribution in [0.3, 0.4) is 0 Å². The van der Waals surface area contributed by atoms with E-state index in [1.54, 1.807) is 19.9 Å². The van der Waals surface area contributed by atoms with Crippen molar-refractivity contribution in [1.29, 1.82) is 0 Å². The summed E-state index contributed by atoms with van der Waals surface area (Å²) < 4.78 is 4.96. The van der Waals surface area contributed by atoms with E-state index < -0.39 is 0 Å². The lowest BCUT2D eigenvalue weighted by Crippen LogP contribution is -2.45. The zero-order valence-corrected chi connectivity index (χ0v) is 17.4. The minimum atomic E-state index is -0.365. The van der Waals surface area contributed by atoms with Gasteiger partial charge in [0.25, 0.3) is 0 Å². The fraction of sp³-hybridized carbons (Fsp3) is 0.476. The molecule has 3 rings (SSSR count). The quantitative estimate of drug-likeness (QED) is 0.786. The van der Waals surface area contributed by atoms with Crippen LogP contribution in [0.5, 0.6) is 0 Å². The molecule has 1 aromatic heterocycles. The van der Waals surface area contributed by atoms with Gasteiger partial charge in [0.05, 0.1) is 17.0 Å². The summed E-state index contributed by atoms with van der Waals surface area (Å²) in [6.45, 7) is 5.68. The Kier molecular flexibility index (Phi) is 6.78. The Bertz CT molecular complexity index is 808. The summed E-state index contributed by atoms with van der Waals surface area (Å²) in [6.07, 6.45) is 3.11. The lowest BCUT2D eigenvalue weighted by Gasteiger charge is -2.41. The Labute approximate surface area is 170 Å². The molecule has 1 aliphatic rings. The van der Waals surface area contributed by atoms with Crippen LogP contribution in [0.1, 0.15) is 50.5 Å². The van der Waals surface area contributed by atoms with Crippen molar-refractivity contribution in [2.75, 3.05) is 11.1 Å². The first-order valence-corrected chi connectivity index (χ1v) is 10.7. The zero-order chi connectivity index (χ0) is 20.1. The lowest BCUT2D eigenvalue weighted by molar-refractivity contribution is -0.135. The van der Waals surface area contributed by atoms with E-state index in [9.17, 15) is 9.59 Å². The van der Waals surface area contributed by atoms with Crippen molar-refractivity contribution in [2.24, 2.45) is 0 Å². The average Bonchev–Trinajstić information content (AvgIpc) is 3.10. The first-order valence-electron chi connectivity index (χ1n) is 9.67. The summed E-state index contributed by atoms with van der Waals surface area (Å²) in [5.74, 6) is 1.22. The highest BCUT2D eigenvalue weighted by atomic mass is 32.2. The van der Waals surface area contributed by atoms with Crippen LogP contribution in [0.25, 0.3) is 0 Å². The van der Waals surface area contributed by atoms with Gasteiger partial charge < -0.3 is 14.7 Å². The molecular formula is C21H27N3O3S. The number of nitrogens with one attached hydrogen (secondary N) is 1. The van der Waals surface area contributed by atoms with Crippen LogP contribution in [0.2, 0.25) is 0 Å². The molecule has 0 bridgehead atoms. The van der Waals surface area contributed by atoms with Gasteiger partial charge >= 0.3 is 0 Å². The fourth-order valence-corrected chi connectivity index (χ4v) is 4.37. The number of nitrogens with zero attached hydrogens (tertiary/aromatic N) is 2. The summed E-state index contributed by atoms with van der Waals surface area (Å²) in [5, 5.41) is 6.12. The summed E-state index contributed by atoms with van der Waals surface area (Å²) in [6, 6.07) is 12.2.